The van der Waals surface area contributed by atoms with Gasteiger partial charge in [-0.05, 0) is 36.4 Å². The van der Waals surface area contributed by atoms with E-state index in [9.17, 15) is 4.79 Å². The molecule has 0 aliphatic rings. The highest BCUT2D eigenvalue weighted by Gasteiger charge is 2.10. The van der Waals surface area contributed by atoms with Crippen LogP contribution in [0, 0.1) is 11.3 Å². The van der Waals surface area contributed by atoms with Crippen LogP contribution in [0.15, 0.2) is 42.5 Å². The van der Waals surface area contributed by atoms with Crippen LogP contribution in [0.1, 0.15) is 15.9 Å². The molecule has 0 aliphatic carbocycles. The molecule has 0 fully saturated rings. The van der Waals surface area contributed by atoms with Gasteiger partial charge in [-0.1, -0.05) is 6.07 Å². The standard InChI is InChI=1S/C14H11N3O2/c15-8-9-4-6-10(7-5-9)19-12-3-1-2-11(13(12)16)14(17)18/h1-7H,16H2,(H2,17,18). The fourth-order valence-corrected chi connectivity index (χ4v) is 1.57. The summed E-state index contributed by atoms with van der Waals surface area (Å²) >= 11 is 0. The predicted molar refractivity (Wildman–Crippen MR) is 70.6 cm³/mol. The van der Waals surface area contributed by atoms with Crippen molar-refractivity contribution in [2.24, 2.45) is 5.73 Å². The summed E-state index contributed by atoms with van der Waals surface area (Å²) in [6.45, 7) is 0. The number of primary amides is 1. The smallest absolute Gasteiger partial charge is 0.250 e. The van der Waals surface area contributed by atoms with Crippen LogP contribution in [0.3, 0.4) is 0 Å². The molecule has 1 amide bonds. The third-order valence-electron chi connectivity index (χ3n) is 2.54. The maximum absolute atomic E-state index is 11.2. The van der Waals surface area contributed by atoms with E-state index in [1.807, 2.05) is 6.07 Å². The Bertz CT molecular complexity index is 657. The summed E-state index contributed by atoms with van der Waals surface area (Å²) in [5, 5.41) is 8.70. The number of hydrogen-bond acceptors (Lipinski definition) is 4. The maximum Gasteiger partial charge on any atom is 0.250 e. The lowest BCUT2D eigenvalue weighted by Crippen LogP contribution is -2.13. The van der Waals surface area contributed by atoms with E-state index in [4.69, 9.17) is 21.5 Å². The number of nitrogen functional groups attached to an aromatic ring is 1. The zero-order chi connectivity index (χ0) is 13.8. The zero-order valence-corrected chi connectivity index (χ0v) is 9.96. The molecule has 2 aromatic rings. The van der Waals surface area contributed by atoms with Crippen molar-refractivity contribution >= 4 is 11.6 Å². The molecule has 0 radical (unpaired) electrons. The molecular formula is C14H11N3O2. The zero-order valence-electron chi connectivity index (χ0n) is 9.96. The molecule has 94 valence electrons. The Morgan fingerprint density at radius 2 is 1.84 bits per heavy atom. The fraction of sp³-hybridized carbons (Fsp3) is 0. The number of nitrogens with zero attached hydrogens (tertiary/aromatic N) is 1. The summed E-state index contributed by atoms with van der Waals surface area (Å²) in [6.07, 6.45) is 0. The number of anilines is 1. The van der Waals surface area contributed by atoms with Gasteiger partial charge < -0.3 is 16.2 Å². The van der Waals surface area contributed by atoms with Gasteiger partial charge >= 0.3 is 0 Å². The third kappa shape index (κ3) is 2.64. The van der Waals surface area contributed by atoms with Crippen LogP contribution < -0.4 is 16.2 Å². The van der Waals surface area contributed by atoms with Gasteiger partial charge in [0.1, 0.15) is 5.75 Å². The van der Waals surface area contributed by atoms with Crippen molar-refractivity contribution in [2.75, 3.05) is 5.73 Å². The first-order valence-corrected chi connectivity index (χ1v) is 5.48. The number of carbonyl (C=O) groups is 1. The van der Waals surface area contributed by atoms with E-state index < -0.39 is 5.91 Å². The van der Waals surface area contributed by atoms with Crippen LogP contribution in [0.25, 0.3) is 0 Å². The summed E-state index contributed by atoms with van der Waals surface area (Å²) in [5.74, 6) is 0.260. The average molecular weight is 253 g/mol. The fourth-order valence-electron chi connectivity index (χ4n) is 1.57. The molecule has 0 unspecified atom stereocenters. The highest BCUT2D eigenvalue weighted by molar-refractivity contribution is 5.99. The van der Waals surface area contributed by atoms with Gasteiger partial charge in [-0.3, -0.25) is 4.79 Å². The molecule has 0 atom stereocenters. The van der Waals surface area contributed by atoms with E-state index in [1.165, 1.54) is 6.07 Å². The highest BCUT2D eigenvalue weighted by Crippen LogP contribution is 2.29. The molecule has 0 saturated heterocycles. The van der Waals surface area contributed by atoms with Crippen LogP contribution in [0.4, 0.5) is 5.69 Å². The summed E-state index contributed by atoms with van der Waals surface area (Å²) in [5.41, 5.74) is 12.0. The molecule has 0 saturated carbocycles. The van der Waals surface area contributed by atoms with E-state index in [0.29, 0.717) is 17.1 Å². The number of nitriles is 1. The Morgan fingerprint density at radius 3 is 2.42 bits per heavy atom. The Balaban J connectivity index is 2.30. The van der Waals surface area contributed by atoms with E-state index in [1.54, 1.807) is 36.4 Å². The Hall–Kier alpha value is -3.00. The SMILES string of the molecule is N#Cc1ccc(Oc2cccc(C(N)=O)c2N)cc1. The quantitative estimate of drug-likeness (QED) is 0.817. The number of benzene rings is 2. The van der Waals surface area contributed by atoms with Crippen LogP contribution >= 0.6 is 0 Å². The van der Waals surface area contributed by atoms with Gasteiger partial charge in [-0.15, -0.1) is 0 Å². The summed E-state index contributed by atoms with van der Waals surface area (Å²) in [4.78, 5) is 11.2. The first-order valence-electron chi connectivity index (χ1n) is 5.48. The van der Waals surface area contributed by atoms with E-state index >= 15 is 0 Å². The molecule has 0 bridgehead atoms. The minimum atomic E-state index is -0.609. The van der Waals surface area contributed by atoms with Crippen molar-refractivity contribution in [1.29, 1.82) is 5.26 Å². The largest absolute Gasteiger partial charge is 0.455 e. The first kappa shape index (κ1) is 12.5. The number of carbonyl (C=O) groups excluding carboxylic acids is 1. The second kappa shape index (κ2) is 5.10. The molecule has 2 rings (SSSR count). The molecule has 4 N–H and O–H groups in total. The average Bonchev–Trinajstić information content (AvgIpc) is 2.41. The lowest BCUT2D eigenvalue weighted by molar-refractivity contribution is 0.100. The number of hydrogen-bond donors (Lipinski definition) is 2. The molecule has 5 heteroatoms. The van der Waals surface area contributed by atoms with Gasteiger partial charge in [0, 0.05) is 0 Å². The van der Waals surface area contributed by atoms with Crippen molar-refractivity contribution < 1.29 is 9.53 Å². The molecular weight excluding hydrogens is 242 g/mol. The number of ether oxygens (including phenoxy) is 1. The van der Waals surface area contributed by atoms with Crippen molar-refractivity contribution in [2.45, 2.75) is 0 Å². The van der Waals surface area contributed by atoms with Crippen molar-refractivity contribution in [1.82, 2.24) is 0 Å². The Labute approximate surface area is 110 Å². The van der Waals surface area contributed by atoms with Crippen molar-refractivity contribution in [3.05, 3.63) is 53.6 Å². The normalized spacial score (nSPS) is 9.63. The van der Waals surface area contributed by atoms with E-state index in [2.05, 4.69) is 0 Å². The first-order chi connectivity index (χ1) is 9.11. The third-order valence-corrected chi connectivity index (χ3v) is 2.54. The molecule has 0 aromatic heterocycles. The molecule has 5 nitrogen and oxygen atoms in total. The molecule has 2 aromatic carbocycles. The van der Waals surface area contributed by atoms with Crippen LogP contribution in [0.5, 0.6) is 11.5 Å². The molecule has 0 spiro atoms. The number of rotatable bonds is 3. The van der Waals surface area contributed by atoms with Gasteiger partial charge in [-0.2, -0.15) is 5.26 Å². The van der Waals surface area contributed by atoms with Crippen molar-refractivity contribution in [3.63, 3.8) is 0 Å². The molecule has 19 heavy (non-hydrogen) atoms. The molecule has 0 heterocycles. The second-order valence-corrected chi connectivity index (χ2v) is 3.82. The van der Waals surface area contributed by atoms with Crippen LogP contribution in [-0.4, -0.2) is 5.91 Å². The summed E-state index contributed by atoms with van der Waals surface area (Å²) in [6, 6.07) is 13.4. The predicted octanol–water partition coefficient (Wildman–Crippen LogP) is 2.03. The topological polar surface area (TPSA) is 102 Å². The lowest BCUT2D eigenvalue weighted by atomic mass is 10.1. The second-order valence-electron chi connectivity index (χ2n) is 3.82. The molecule has 0 aliphatic heterocycles. The van der Waals surface area contributed by atoms with E-state index in [-0.39, 0.29) is 11.3 Å². The summed E-state index contributed by atoms with van der Waals surface area (Å²) in [7, 11) is 0. The minimum absolute atomic E-state index is 0.194. The van der Waals surface area contributed by atoms with Crippen LogP contribution in [0.2, 0.25) is 0 Å². The number of para-hydroxylation sites is 1. The maximum atomic E-state index is 11.2. The Morgan fingerprint density at radius 1 is 1.16 bits per heavy atom. The Kier molecular flexibility index (Phi) is 3.35. The van der Waals surface area contributed by atoms with Gasteiger partial charge in [0.15, 0.2) is 5.75 Å². The minimum Gasteiger partial charge on any atom is -0.455 e. The van der Waals surface area contributed by atoms with E-state index in [0.717, 1.165) is 0 Å². The van der Waals surface area contributed by atoms with Gasteiger partial charge in [0.05, 0.1) is 22.9 Å². The van der Waals surface area contributed by atoms with Crippen LogP contribution in [-0.2, 0) is 0 Å². The monoisotopic (exact) mass is 253 g/mol. The van der Waals surface area contributed by atoms with Gasteiger partial charge in [-0.25, -0.2) is 0 Å². The number of amides is 1. The lowest BCUT2D eigenvalue weighted by Gasteiger charge is -2.10. The van der Waals surface area contributed by atoms with Crippen molar-refractivity contribution in [3.8, 4) is 17.6 Å². The van der Waals surface area contributed by atoms with Gasteiger partial charge in [0.2, 0.25) is 0 Å². The van der Waals surface area contributed by atoms with Gasteiger partial charge in [0.25, 0.3) is 5.91 Å². The number of nitrogens with two attached hydrogens (primary N) is 2. The highest BCUT2D eigenvalue weighted by atomic mass is 16.5. The summed E-state index contributed by atoms with van der Waals surface area (Å²) < 4.78 is 5.56.